The summed E-state index contributed by atoms with van der Waals surface area (Å²) in [4.78, 5) is 25.3. The summed E-state index contributed by atoms with van der Waals surface area (Å²) < 4.78 is 15.4. The first kappa shape index (κ1) is 15.3. The van der Waals surface area contributed by atoms with Crippen molar-refractivity contribution in [3.63, 3.8) is 0 Å². The molecular formula is C15H19NO5. The van der Waals surface area contributed by atoms with Crippen LogP contribution in [0.2, 0.25) is 0 Å². The SMILES string of the molecule is COC(=O)C1COCCN1C(=O)COc1ccc(C)cc1. The third-order valence-electron chi connectivity index (χ3n) is 3.31. The lowest BCUT2D eigenvalue weighted by atomic mass is 10.2. The van der Waals surface area contributed by atoms with E-state index in [9.17, 15) is 9.59 Å². The zero-order valence-corrected chi connectivity index (χ0v) is 12.2. The minimum absolute atomic E-state index is 0.115. The van der Waals surface area contributed by atoms with E-state index >= 15 is 0 Å². The lowest BCUT2D eigenvalue weighted by Gasteiger charge is -2.33. The maximum absolute atomic E-state index is 12.2. The maximum Gasteiger partial charge on any atom is 0.331 e. The van der Waals surface area contributed by atoms with E-state index in [2.05, 4.69) is 0 Å². The summed E-state index contributed by atoms with van der Waals surface area (Å²) in [5.41, 5.74) is 1.12. The normalized spacial score (nSPS) is 18.2. The molecule has 1 aromatic carbocycles. The third-order valence-corrected chi connectivity index (χ3v) is 3.31. The molecule has 1 fully saturated rings. The van der Waals surface area contributed by atoms with E-state index < -0.39 is 12.0 Å². The van der Waals surface area contributed by atoms with Gasteiger partial charge in [0.05, 0.1) is 20.3 Å². The molecule has 1 aliphatic rings. The highest BCUT2D eigenvalue weighted by Crippen LogP contribution is 2.13. The summed E-state index contributed by atoms with van der Waals surface area (Å²) in [6.07, 6.45) is 0. The number of amides is 1. The number of nitrogens with zero attached hydrogens (tertiary/aromatic N) is 1. The van der Waals surface area contributed by atoms with Gasteiger partial charge < -0.3 is 19.1 Å². The number of methoxy groups -OCH3 is 1. The first-order chi connectivity index (χ1) is 10.1. The molecule has 1 atom stereocenters. The van der Waals surface area contributed by atoms with Crippen LogP contribution in [0.25, 0.3) is 0 Å². The van der Waals surface area contributed by atoms with Crippen molar-refractivity contribution in [2.45, 2.75) is 13.0 Å². The van der Waals surface area contributed by atoms with Crippen LogP contribution in [0, 0.1) is 6.92 Å². The van der Waals surface area contributed by atoms with Gasteiger partial charge in [0, 0.05) is 6.54 Å². The van der Waals surface area contributed by atoms with Crippen molar-refractivity contribution in [2.24, 2.45) is 0 Å². The van der Waals surface area contributed by atoms with Gasteiger partial charge in [-0.25, -0.2) is 4.79 Å². The van der Waals surface area contributed by atoms with E-state index in [-0.39, 0.29) is 19.1 Å². The van der Waals surface area contributed by atoms with Crippen LogP contribution >= 0.6 is 0 Å². The molecule has 6 nitrogen and oxygen atoms in total. The molecule has 1 heterocycles. The van der Waals surface area contributed by atoms with Crippen molar-refractivity contribution < 1.29 is 23.8 Å². The average Bonchev–Trinajstić information content (AvgIpc) is 2.53. The van der Waals surface area contributed by atoms with Gasteiger partial charge in [-0.2, -0.15) is 0 Å². The molecule has 0 aliphatic carbocycles. The van der Waals surface area contributed by atoms with E-state index in [0.717, 1.165) is 5.56 Å². The molecule has 2 rings (SSSR count). The molecule has 6 heteroatoms. The highest BCUT2D eigenvalue weighted by Gasteiger charge is 2.33. The number of hydrogen-bond donors (Lipinski definition) is 0. The second-order valence-corrected chi connectivity index (χ2v) is 4.80. The quantitative estimate of drug-likeness (QED) is 0.767. The van der Waals surface area contributed by atoms with E-state index in [0.29, 0.717) is 18.9 Å². The predicted octanol–water partition coefficient (Wildman–Crippen LogP) is 0.774. The Morgan fingerprint density at radius 3 is 2.71 bits per heavy atom. The van der Waals surface area contributed by atoms with E-state index in [1.54, 1.807) is 12.1 Å². The third kappa shape index (κ3) is 3.95. The number of carbonyl (C=O) groups excluding carboxylic acids is 2. The van der Waals surface area contributed by atoms with Crippen LogP contribution in [-0.4, -0.2) is 56.3 Å². The van der Waals surface area contributed by atoms with Crippen LogP contribution in [-0.2, 0) is 19.1 Å². The molecule has 21 heavy (non-hydrogen) atoms. The van der Waals surface area contributed by atoms with Crippen LogP contribution in [0.4, 0.5) is 0 Å². The van der Waals surface area contributed by atoms with Gasteiger partial charge in [0.25, 0.3) is 5.91 Å². The highest BCUT2D eigenvalue weighted by atomic mass is 16.5. The summed E-state index contributed by atoms with van der Waals surface area (Å²) in [6, 6.07) is 6.73. The standard InChI is InChI=1S/C15H19NO5/c1-11-3-5-12(6-4-11)21-10-14(17)16-7-8-20-9-13(16)15(18)19-2/h3-6,13H,7-10H2,1-2H3. The number of ether oxygens (including phenoxy) is 3. The fourth-order valence-electron chi connectivity index (χ4n) is 2.10. The fourth-order valence-corrected chi connectivity index (χ4v) is 2.10. The van der Waals surface area contributed by atoms with Crippen molar-refractivity contribution in [3.05, 3.63) is 29.8 Å². The van der Waals surface area contributed by atoms with Crippen LogP contribution in [0.15, 0.2) is 24.3 Å². The van der Waals surface area contributed by atoms with E-state index in [4.69, 9.17) is 14.2 Å². The molecule has 0 bridgehead atoms. The largest absolute Gasteiger partial charge is 0.484 e. The lowest BCUT2D eigenvalue weighted by Crippen LogP contribution is -2.54. The molecule has 1 aromatic rings. The van der Waals surface area contributed by atoms with Crippen molar-refractivity contribution in [3.8, 4) is 5.75 Å². The van der Waals surface area contributed by atoms with E-state index in [1.165, 1.54) is 12.0 Å². The minimum atomic E-state index is -0.696. The molecule has 1 aliphatic heterocycles. The topological polar surface area (TPSA) is 65.1 Å². The Morgan fingerprint density at radius 1 is 1.33 bits per heavy atom. The van der Waals surface area contributed by atoms with Crippen LogP contribution < -0.4 is 4.74 Å². The van der Waals surface area contributed by atoms with Gasteiger partial charge in [0.1, 0.15) is 5.75 Å². The van der Waals surface area contributed by atoms with E-state index in [1.807, 2.05) is 19.1 Å². The lowest BCUT2D eigenvalue weighted by molar-refractivity contribution is -0.161. The van der Waals surface area contributed by atoms with Gasteiger partial charge >= 0.3 is 5.97 Å². The first-order valence-electron chi connectivity index (χ1n) is 6.76. The fraction of sp³-hybridized carbons (Fsp3) is 0.467. The number of carbonyl (C=O) groups is 2. The Morgan fingerprint density at radius 2 is 2.05 bits per heavy atom. The minimum Gasteiger partial charge on any atom is -0.484 e. The Kier molecular flexibility index (Phi) is 5.16. The Hall–Kier alpha value is -2.08. The van der Waals surface area contributed by atoms with Crippen molar-refractivity contribution in [1.82, 2.24) is 4.90 Å². The number of esters is 1. The van der Waals surface area contributed by atoms with Crippen LogP contribution in [0.3, 0.4) is 0 Å². The van der Waals surface area contributed by atoms with Gasteiger partial charge in [-0.3, -0.25) is 4.79 Å². The number of benzene rings is 1. The Labute approximate surface area is 123 Å². The first-order valence-corrected chi connectivity index (χ1v) is 6.76. The van der Waals surface area contributed by atoms with Crippen molar-refractivity contribution in [1.29, 1.82) is 0 Å². The molecule has 0 N–H and O–H groups in total. The van der Waals surface area contributed by atoms with Crippen molar-refractivity contribution >= 4 is 11.9 Å². The second kappa shape index (κ2) is 7.08. The summed E-state index contributed by atoms with van der Waals surface area (Å²) in [5, 5.41) is 0. The Balaban J connectivity index is 1.94. The molecular weight excluding hydrogens is 274 g/mol. The molecule has 1 saturated heterocycles. The monoisotopic (exact) mass is 293 g/mol. The van der Waals surface area contributed by atoms with Gasteiger partial charge in [0.2, 0.25) is 0 Å². The average molecular weight is 293 g/mol. The zero-order valence-electron chi connectivity index (χ0n) is 12.2. The molecule has 0 aromatic heterocycles. The molecule has 0 radical (unpaired) electrons. The van der Waals surface area contributed by atoms with Gasteiger partial charge in [0.15, 0.2) is 12.6 Å². The summed E-state index contributed by atoms with van der Waals surface area (Å²) in [7, 11) is 1.29. The van der Waals surface area contributed by atoms with Crippen LogP contribution in [0.1, 0.15) is 5.56 Å². The van der Waals surface area contributed by atoms with Gasteiger partial charge in [-0.15, -0.1) is 0 Å². The molecule has 0 spiro atoms. The van der Waals surface area contributed by atoms with Crippen LogP contribution in [0.5, 0.6) is 5.75 Å². The zero-order chi connectivity index (χ0) is 15.2. The maximum atomic E-state index is 12.2. The van der Waals surface area contributed by atoms with Gasteiger partial charge in [-0.05, 0) is 19.1 Å². The smallest absolute Gasteiger partial charge is 0.331 e. The predicted molar refractivity (Wildman–Crippen MR) is 75.0 cm³/mol. The molecule has 1 unspecified atom stereocenters. The number of hydrogen-bond acceptors (Lipinski definition) is 5. The molecule has 1 amide bonds. The van der Waals surface area contributed by atoms with Gasteiger partial charge in [-0.1, -0.05) is 17.7 Å². The summed E-state index contributed by atoms with van der Waals surface area (Å²) in [5.74, 6) is -0.107. The highest BCUT2D eigenvalue weighted by molar-refractivity contribution is 5.85. The number of aryl methyl sites for hydroxylation is 1. The number of rotatable bonds is 4. The number of morpholine rings is 1. The summed E-state index contributed by atoms with van der Waals surface area (Å²) >= 11 is 0. The molecule has 114 valence electrons. The van der Waals surface area contributed by atoms with Crippen molar-refractivity contribution in [2.75, 3.05) is 33.5 Å². The Bertz CT molecular complexity index is 499. The molecule has 0 saturated carbocycles. The second-order valence-electron chi connectivity index (χ2n) is 4.80. The summed E-state index contributed by atoms with van der Waals surface area (Å²) in [6.45, 7) is 2.78.